The lowest BCUT2D eigenvalue weighted by atomic mass is 9.78. The summed E-state index contributed by atoms with van der Waals surface area (Å²) in [6.45, 7) is 1.21. The van der Waals surface area contributed by atoms with Crippen molar-refractivity contribution in [3.05, 3.63) is 70.9 Å². The predicted octanol–water partition coefficient (Wildman–Crippen LogP) is 6.00. The van der Waals surface area contributed by atoms with Gasteiger partial charge in [-0.2, -0.15) is 18.2 Å². The van der Waals surface area contributed by atoms with Crippen LogP contribution in [0, 0.1) is 0 Å². The van der Waals surface area contributed by atoms with Crippen LogP contribution in [0.15, 0.2) is 64.5 Å². The molecular formula is C25H22F3N5O3S. The van der Waals surface area contributed by atoms with Crippen molar-refractivity contribution in [1.29, 1.82) is 0 Å². The third-order valence-corrected chi connectivity index (χ3v) is 7.53. The second-order valence-corrected chi connectivity index (χ2v) is 9.67. The highest BCUT2D eigenvalue weighted by Crippen LogP contribution is 2.39. The Hall–Kier alpha value is -3.93. The van der Waals surface area contributed by atoms with Crippen LogP contribution in [0.2, 0.25) is 0 Å². The monoisotopic (exact) mass is 529 g/mol. The van der Waals surface area contributed by atoms with E-state index in [9.17, 15) is 23.1 Å². The van der Waals surface area contributed by atoms with Gasteiger partial charge in [0.2, 0.25) is 5.82 Å². The Balaban J connectivity index is 1.39. The molecule has 1 fully saturated rings. The maximum absolute atomic E-state index is 12.9. The molecule has 0 bridgehead atoms. The number of hydrogen-bond donors (Lipinski definition) is 2. The fourth-order valence-electron chi connectivity index (χ4n) is 4.35. The number of hydrogen-bond acceptors (Lipinski definition) is 7. The summed E-state index contributed by atoms with van der Waals surface area (Å²) in [5.74, 6) is -1.56. The molecule has 0 atom stereocenters. The molecule has 8 nitrogen and oxygen atoms in total. The molecule has 1 saturated heterocycles. The standard InChI is InChI=1S/C25H22F3N5O3S/c26-25(27,28)21-31-20(32-36-21)17-7-4-8-18(13-17)29-15-24(9-11-33(12-10-24)23(34)35)22-30-19(14-37-22)16-5-2-1-3-6-16/h1-8,13-14,29H,9-12,15H2,(H,34,35). The van der Waals surface area contributed by atoms with Gasteiger partial charge in [0.15, 0.2) is 0 Å². The molecule has 2 aromatic heterocycles. The van der Waals surface area contributed by atoms with E-state index in [-0.39, 0.29) is 5.82 Å². The number of rotatable bonds is 6. The van der Waals surface area contributed by atoms with Crippen molar-refractivity contribution < 1.29 is 27.6 Å². The molecule has 4 aromatic rings. The summed E-state index contributed by atoms with van der Waals surface area (Å²) in [6, 6.07) is 16.6. The van der Waals surface area contributed by atoms with E-state index < -0.39 is 23.6 Å². The molecule has 1 aliphatic rings. The van der Waals surface area contributed by atoms with Gasteiger partial charge >= 0.3 is 18.2 Å². The number of likely N-dealkylation sites (tertiary alicyclic amines) is 1. The summed E-state index contributed by atoms with van der Waals surface area (Å²) < 4.78 is 42.9. The van der Waals surface area contributed by atoms with Crippen LogP contribution in [-0.2, 0) is 11.6 Å². The van der Waals surface area contributed by atoms with Crippen LogP contribution in [0.1, 0.15) is 23.7 Å². The zero-order valence-electron chi connectivity index (χ0n) is 19.4. The minimum atomic E-state index is -4.72. The number of alkyl halides is 3. The van der Waals surface area contributed by atoms with E-state index in [1.807, 2.05) is 35.7 Å². The second kappa shape index (κ2) is 9.85. The van der Waals surface area contributed by atoms with Gasteiger partial charge in [-0.25, -0.2) is 9.78 Å². The first-order valence-electron chi connectivity index (χ1n) is 11.5. The topological polar surface area (TPSA) is 104 Å². The lowest BCUT2D eigenvalue weighted by molar-refractivity contribution is -0.159. The van der Waals surface area contributed by atoms with Crippen molar-refractivity contribution in [3.8, 4) is 22.6 Å². The number of halogens is 3. The molecule has 12 heteroatoms. The Morgan fingerprint density at radius 3 is 2.49 bits per heavy atom. The Kier molecular flexibility index (Phi) is 6.59. The molecular weight excluding hydrogens is 507 g/mol. The van der Waals surface area contributed by atoms with E-state index in [1.54, 1.807) is 35.6 Å². The number of anilines is 1. The SMILES string of the molecule is O=C(O)N1CCC(CNc2cccc(-c3noc(C(F)(F)F)n3)c2)(c2nc(-c3ccccc3)cs2)CC1. The number of piperidine rings is 1. The van der Waals surface area contributed by atoms with E-state index in [0.717, 1.165) is 16.3 Å². The molecule has 5 rings (SSSR count). The van der Waals surface area contributed by atoms with Gasteiger partial charge in [-0.05, 0) is 25.0 Å². The van der Waals surface area contributed by atoms with Crippen molar-refractivity contribution in [2.75, 3.05) is 25.0 Å². The number of thiazole rings is 1. The fourth-order valence-corrected chi connectivity index (χ4v) is 5.44. The molecule has 3 heterocycles. The van der Waals surface area contributed by atoms with Crippen molar-refractivity contribution in [1.82, 2.24) is 20.0 Å². The Labute approximate surface area is 213 Å². The highest BCUT2D eigenvalue weighted by Gasteiger charge is 2.40. The molecule has 0 aliphatic carbocycles. The normalized spacial score (nSPS) is 15.5. The molecule has 192 valence electrons. The minimum absolute atomic E-state index is 0.159. The first-order chi connectivity index (χ1) is 17.7. The fraction of sp³-hybridized carbons (Fsp3) is 0.280. The Bertz CT molecular complexity index is 1380. The van der Waals surface area contributed by atoms with Gasteiger partial charge in [-0.1, -0.05) is 47.6 Å². The van der Waals surface area contributed by atoms with E-state index >= 15 is 0 Å². The molecule has 2 aromatic carbocycles. The van der Waals surface area contributed by atoms with Gasteiger partial charge < -0.3 is 19.8 Å². The second-order valence-electron chi connectivity index (χ2n) is 8.81. The lowest BCUT2D eigenvalue weighted by Crippen LogP contribution is -2.47. The number of nitrogens with zero attached hydrogens (tertiary/aromatic N) is 4. The van der Waals surface area contributed by atoms with Crippen molar-refractivity contribution in [2.24, 2.45) is 0 Å². The first-order valence-corrected chi connectivity index (χ1v) is 12.4. The highest BCUT2D eigenvalue weighted by molar-refractivity contribution is 7.10. The van der Waals surface area contributed by atoms with Crippen LogP contribution in [0.5, 0.6) is 0 Å². The van der Waals surface area contributed by atoms with Crippen molar-refractivity contribution >= 4 is 23.1 Å². The molecule has 0 unspecified atom stereocenters. The largest absolute Gasteiger partial charge is 0.471 e. The summed E-state index contributed by atoms with van der Waals surface area (Å²) in [5, 5.41) is 19.2. The predicted molar refractivity (Wildman–Crippen MR) is 131 cm³/mol. The van der Waals surface area contributed by atoms with Crippen LogP contribution in [0.4, 0.5) is 23.7 Å². The minimum Gasteiger partial charge on any atom is -0.465 e. The summed E-state index contributed by atoms with van der Waals surface area (Å²) in [7, 11) is 0. The third-order valence-electron chi connectivity index (χ3n) is 6.44. The molecule has 37 heavy (non-hydrogen) atoms. The van der Waals surface area contributed by atoms with Gasteiger partial charge in [0.1, 0.15) is 5.01 Å². The Morgan fingerprint density at radius 2 is 1.81 bits per heavy atom. The summed E-state index contributed by atoms with van der Waals surface area (Å²) >= 11 is 1.54. The van der Waals surface area contributed by atoms with Crippen LogP contribution in [-0.4, -0.2) is 50.9 Å². The number of amides is 1. The third kappa shape index (κ3) is 5.29. The summed E-state index contributed by atoms with van der Waals surface area (Å²) in [6.07, 6.45) is -4.51. The van der Waals surface area contributed by atoms with Crippen LogP contribution in [0.25, 0.3) is 22.6 Å². The van der Waals surface area contributed by atoms with Crippen LogP contribution in [0.3, 0.4) is 0 Å². The van der Waals surface area contributed by atoms with Crippen molar-refractivity contribution in [3.63, 3.8) is 0 Å². The van der Waals surface area contributed by atoms with E-state index in [4.69, 9.17) is 4.98 Å². The summed E-state index contributed by atoms with van der Waals surface area (Å²) in [5.41, 5.74) is 2.48. The smallest absolute Gasteiger partial charge is 0.465 e. The van der Waals surface area contributed by atoms with Gasteiger partial charge in [0.25, 0.3) is 0 Å². The van der Waals surface area contributed by atoms with E-state index in [2.05, 4.69) is 20.0 Å². The Morgan fingerprint density at radius 1 is 1.08 bits per heavy atom. The molecule has 0 saturated carbocycles. The number of nitrogens with one attached hydrogen (secondary N) is 1. The lowest BCUT2D eigenvalue weighted by Gasteiger charge is -2.40. The molecule has 0 spiro atoms. The maximum Gasteiger partial charge on any atom is 0.471 e. The average molecular weight is 530 g/mol. The summed E-state index contributed by atoms with van der Waals surface area (Å²) in [4.78, 5) is 21.3. The average Bonchev–Trinajstić information content (AvgIpc) is 3.60. The van der Waals surface area contributed by atoms with E-state index in [1.165, 1.54) is 4.90 Å². The first kappa shape index (κ1) is 24.8. The molecule has 1 aliphatic heterocycles. The highest BCUT2D eigenvalue weighted by atomic mass is 32.1. The van der Waals surface area contributed by atoms with Crippen LogP contribution >= 0.6 is 11.3 Å². The maximum atomic E-state index is 12.9. The van der Waals surface area contributed by atoms with Gasteiger partial charge in [-0.15, -0.1) is 11.3 Å². The quantitative estimate of drug-likeness (QED) is 0.316. The van der Waals surface area contributed by atoms with Gasteiger partial charge in [0, 0.05) is 47.2 Å². The van der Waals surface area contributed by atoms with Crippen molar-refractivity contribution in [2.45, 2.75) is 24.4 Å². The van der Waals surface area contributed by atoms with Crippen LogP contribution < -0.4 is 5.32 Å². The number of carbonyl (C=O) groups is 1. The van der Waals surface area contributed by atoms with E-state index in [0.29, 0.717) is 43.7 Å². The molecule has 1 amide bonds. The number of aromatic nitrogens is 3. The van der Waals surface area contributed by atoms with Gasteiger partial charge in [0.05, 0.1) is 5.69 Å². The zero-order chi connectivity index (χ0) is 26.0. The zero-order valence-corrected chi connectivity index (χ0v) is 20.2. The van der Waals surface area contributed by atoms with Gasteiger partial charge in [-0.3, -0.25) is 0 Å². The number of carboxylic acid groups (broad SMARTS) is 1. The number of benzene rings is 2. The molecule has 0 radical (unpaired) electrons. The molecule has 2 N–H and O–H groups in total.